The maximum absolute atomic E-state index is 12.4. The fourth-order valence-electron chi connectivity index (χ4n) is 2.13. The first-order chi connectivity index (χ1) is 8.22. The molecule has 1 aromatic rings. The molecular weight excluding hydrogens is 250 g/mol. The van der Waals surface area contributed by atoms with Gasteiger partial charge >= 0.3 is 0 Å². The van der Waals surface area contributed by atoms with Crippen LogP contribution < -0.4 is 0 Å². The molecule has 1 aromatic carbocycles. The van der Waals surface area contributed by atoms with Crippen LogP contribution in [0.4, 0.5) is 0 Å². The van der Waals surface area contributed by atoms with Crippen molar-refractivity contribution in [3.8, 4) is 0 Å². The predicted octanol–water partition coefficient (Wildman–Crippen LogP) is 1.45. The van der Waals surface area contributed by atoms with Crippen molar-refractivity contribution in [1.82, 2.24) is 4.31 Å². The first kappa shape index (κ1) is 13.5. The summed E-state index contributed by atoms with van der Waals surface area (Å²) in [5, 5.41) is 9.87. The second-order valence-electron chi connectivity index (χ2n) is 5.33. The molecule has 1 aliphatic heterocycles. The van der Waals surface area contributed by atoms with Gasteiger partial charge in [0.15, 0.2) is 0 Å². The number of nitrogens with zero attached hydrogens (tertiary/aromatic N) is 1. The van der Waals surface area contributed by atoms with Crippen molar-refractivity contribution in [2.24, 2.45) is 0 Å². The SMILES string of the molecule is Cc1ccc(S(=O)(=O)N2CCC(C)(O)C2)cc1C. The van der Waals surface area contributed by atoms with E-state index in [1.54, 1.807) is 19.1 Å². The van der Waals surface area contributed by atoms with Crippen LogP contribution in [0.25, 0.3) is 0 Å². The maximum atomic E-state index is 12.4. The molecule has 0 aromatic heterocycles. The van der Waals surface area contributed by atoms with E-state index in [1.807, 2.05) is 19.9 Å². The Balaban J connectivity index is 2.34. The molecular formula is C13H19NO3S. The number of benzene rings is 1. The Morgan fingerprint density at radius 1 is 1.28 bits per heavy atom. The summed E-state index contributed by atoms with van der Waals surface area (Å²) in [6, 6.07) is 5.14. The third-order valence-corrected chi connectivity index (χ3v) is 5.37. The Kier molecular flexibility index (Phi) is 3.25. The molecule has 1 atom stereocenters. The van der Waals surface area contributed by atoms with Crippen molar-refractivity contribution in [1.29, 1.82) is 0 Å². The van der Waals surface area contributed by atoms with E-state index < -0.39 is 15.6 Å². The molecule has 0 amide bonds. The fraction of sp³-hybridized carbons (Fsp3) is 0.538. The molecule has 0 radical (unpaired) electrons. The highest BCUT2D eigenvalue weighted by molar-refractivity contribution is 7.89. The lowest BCUT2D eigenvalue weighted by Gasteiger charge is -2.19. The molecule has 100 valence electrons. The topological polar surface area (TPSA) is 57.6 Å². The molecule has 0 aliphatic carbocycles. The van der Waals surface area contributed by atoms with Crippen LogP contribution in [0.2, 0.25) is 0 Å². The lowest BCUT2D eigenvalue weighted by molar-refractivity contribution is 0.0762. The summed E-state index contributed by atoms with van der Waals surface area (Å²) in [5.74, 6) is 0. The van der Waals surface area contributed by atoms with Crippen molar-refractivity contribution in [2.45, 2.75) is 37.7 Å². The van der Waals surface area contributed by atoms with Crippen LogP contribution in [0.1, 0.15) is 24.5 Å². The summed E-state index contributed by atoms with van der Waals surface area (Å²) in [5.41, 5.74) is 1.12. The van der Waals surface area contributed by atoms with Gasteiger partial charge in [0.25, 0.3) is 0 Å². The molecule has 2 rings (SSSR count). The van der Waals surface area contributed by atoms with Gasteiger partial charge in [0.05, 0.1) is 10.5 Å². The average molecular weight is 269 g/mol. The zero-order valence-electron chi connectivity index (χ0n) is 11.0. The number of hydrogen-bond acceptors (Lipinski definition) is 3. The quantitative estimate of drug-likeness (QED) is 0.884. The highest BCUT2D eigenvalue weighted by Gasteiger charge is 2.38. The van der Waals surface area contributed by atoms with Crippen molar-refractivity contribution in [3.63, 3.8) is 0 Å². The number of hydrogen-bond donors (Lipinski definition) is 1. The second kappa shape index (κ2) is 4.33. The zero-order valence-corrected chi connectivity index (χ0v) is 11.8. The van der Waals surface area contributed by atoms with Gasteiger partial charge in [-0.1, -0.05) is 6.07 Å². The molecule has 1 saturated heterocycles. The van der Waals surface area contributed by atoms with Gasteiger partial charge in [0.1, 0.15) is 0 Å². The molecule has 1 unspecified atom stereocenters. The van der Waals surface area contributed by atoms with E-state index in [0.717, 1.165) is 11.1 Å². The predicted molar refractivity (Wildman–Crippen MR) is 69.9 cm³/mol. The van der Waals surface area contributed by atoms with Crippen LogP contribution in [-0.2, 0) is 10.0 Å². The van der Waals surface area contributed by atoms with Crippen LogP contribution in [-0.4, -0.2) is 36.5 Å². The lowest BCUT2D eigenvalue weighted by Crippen LogP contribution is -2.33. The number of rotatable bonds is 2. The van der Waals surface area contributed by atoms with Crippen LogP contribution in [0, 0.1) is 13.8 Å². The average Bonchev–Trinajstić information content (AvgIpc) is 2.63. The Bertz CT molecular complexity index is 564. The van der Waals surface area contributed by atoms with Gasteiger partial charge in [0, 0.05) is 13.1 Å². The molecule has 0 spiro atoms. The van der Waals surface area contributed by atoms with Crippen molar-refractivity contribution in [2.75, 3.05) is 13.1 Å². The maximum Gasteiger partial charge on any atom is 0.243 e. The van der Waals surface area contributed by atoms with E-state index >= 15 is 0 Å². The summed E-state index contributed by atoms with van der Waals surface area (Å²) in [4.78, 5) is 0.309. The molecule has 0 saturated carbocycles. The van der Waals surface area contributed by atoms with Gasteiger partial charge in [-0.25, -0.2) is 8.42 Å². The first-order valence-electron chi connectivity index (χ1n) is 6.02. The van der Waals surface area contributed by atoms with E-state index in [-0.39, 0.29) is 6.54 Å². The minimum Gasteiger partial charge on any atom is -0.389 e. The highest BCUT2D eigenvalue weighted by atomic mass is 32.2. The Labute approximate surface area is 108 Å². The number of aliphatic hydroxyl groups is 1. The minimum absolute atomic E-state index is 0.169. The second-order valence-corrected chi connectivity index (χ2v) is 7.27. The number of aryl methyl sites for hydroxylation is 2. The van der Waals surface area contributed by atoms with Gasteiger partial charge in [0.2, 0.25) is 10.0 Å². The third kappa shape index (κ3) is 2.43. The van der Waals surface area contributed by atoms with Crippen molar-refractivity contribution < 1.29 is 13.5 Å². The molecule has 18 heavy (non-hydrogen) atoms. The molecule has 1 heterocycles. The number of β-amino-alcohol motifs (C(OH)–C–C–N with tert-alkyl or cyclic N) is 1. The zero-order chi connectivity index (χ0) is 13.6. The van der Waals surface area contributed by atoms with Gasteiger partial charge in [-0.05, 0) is 50.5 Å². The van der Waals surface area contributed by atoms with Crippen LogP contribution in [0.5, 0.6) is 0 Å². The summed E-state index contributed by atoms with van der Waals surface area (Å²) in [7, 11) is -3.48. The highest BCUT2D eigenvalue weighted by Crippen LogP contribution is 2.27. The van der Waals surface area contributed by atoms with Crippen LogP contribution >= 0.6 is 0 Å². The monoisotopic (exact) mass is 269 g/mol. The standard InChI is InChI=1S/C13H19NO3S/c1-10-4-5-12(8-11(10)2)18(16,17)14-7-6-13(3,15)9-14/h4-5,8,15H,6-7,9H2,1-3H3. The van der Waals surface area contributed by atoms with Gasteiger partial charge in [-0.15, -0.1) is 0 Å². The summed E-state index contributed by atoms with van der Waals surface area (Å²) in [6.45, 7) is 6.06. The molecule has 5 heteroatoms. The summed E-state index contributed by atoms with van der Waals surface area (Å²) >= 11 is 0. The van der Waals surface area contributed by atoms with E-state index in [9.17, 15) is 13.5 Å². The molecule has 1 N–H and O–H groups in total. The van der Waals surface area contributed by atoms with Gasteiger partial charge < -0.3 is 5.11 Å². The Morgan fingerprint density at radius 3 is 2.44 bits per heavy atom. The van der Waals surface area contributed by atoms with E-state index in [4.69, 9.17) is 0 Å². The van der Waals surface area contributed by atoms with Crippen molar-refractivity contribution in [3.05, 3.63) is 29.3 Å². The van der Waals surface area contributed by atoms with Gasteiger partial charge in [-0.3, -0.25) is 0 Å². The minimum atomic E-state index is -3.48. The molecule has 4 nitrogen and oxygen atoms in total. The Morgan fingerprint density at radius 2 is 1.94 bits per heavy atom. The van der Waals surface area contributed by atoms with Crippen LogP contribution in [0.15, 0.2) is 23.1 Å². The van der Waals surface area contributed by atoms with Crippen molar-refractivity contribution >= 4 is 10.0 Å². The normalized spacial score (nSPS) is 25.6. The smallest absolute Gasteiger partial charge is 0.243 e. The van der Waals surface area contributed by atoms with E-state index in [0.29, 0.717) is 17.9 Å². The number of sulfonamides is 1. The fourth-order valence-corrected chi connectivity index (χ4v) is 3.78. The van der Waals surface area contributed by atoms with Crippen LogP contribution in [0.3, 0.4) is 0 Å². The van der Waals surface area contributed by atoms with Gasteiger partial charge in [-0.2, -0.15) is 4.31 Å². The summed E-state index contributed by atoms with van der Waals surface area (Å²) in [6.07, 6.45) is 0.483. The Hall–Kier alpha value is -0.910. The van der Waals surface area contributed by atoms with E-state index in [2.05, 4.69) is 0 Å². The van der Waals surface area contributed by atoms with E-state index in [1.165, 1.54) is 4.31 Å². The first-order valence-corrected chi connectivity index (χ1v) is 7.46. The lowest BCUT2D eigenvalue weighted by atomic mass is 10.1. The molecule has 1 aliphatic rings. The largest absolute Gasteiger partial charge is 0.389 e. The molecule has 0 bridgehead atoms. The third-order valence-electron chi connectivity index (χ3n) is 3.53. The molecule has 1 fully saturated rings. The summed E-state index contributed by atoms with van der Waals surface area (Å²) < 4.78 is 26.2.